The van der Waals surface area contributed by atoms with Crippen LogP contribution in [-0.2, 0) is 15.8 Å². The molecule has 0 spiro atoms. The van der Waals surface area contributed by atoms with E-state index < -0.39 is 45.6 Å². The highest BCUT2D eigenvalue weighted by molar-refractivity contribution is 7.91. The number of hydrogen-bond donors (Lipinski definition) is 3. The largest absolute Gasteiger partial charge is 0.350 e. The van der Waals surface area contributed by atoms with Crippen molar-refractivity contribution in [3.8, 4) is 11.3 Å². The molecule has 15 heteroatoms. The molecule has 2 aromatic heterocycles. The Morgan fingerprint density at radius 3 is 2.46 bits per heavy atom. The van der Waals surface area contributed by atoms with Crippen LogP contribution in [0.5, 0.6) is 0 Å². The third kappa shape index (κ3) is 7.37. The number of aromatic nitrogens is 3. The summed E-state index contributed by atoms with van der Waals surface area (Å²) in [6, 6.07) is 9.05. The normalized spacial score (nSPS) is 17.3. The zero-order chi connectivity index (χ0) is 28.4. The van der Waals surface area contributed by atoms with E-state index in [9.17, 15) is 30.4 Å². The molecule has 41 heavy (non-hydrogen) atoms. The van der Waals surface area contributed by atoms with Crippen molar-refractivity contribution in [2.24, 2.45) is 0 Å². The fraction of sp³-hybridized carbons (Fsp3) is 0.269. The predicted molar refractivity (Wildman–Crippen MR) is 147 cm³/mol. The summed E-state index contributed by atoms with van der Waals surface area (Å²) in [4.78, 5) is 12.6. The van der Waals surface area contributed by atoms with Crippen LogP contribution in [0.4, 0.5) is 33.6 Å². The van der Waals surface area contributed by atoms with Gasteiger partial charge in [0, 0.05) is 36.7 Å². The minimum atomic E-state index is -4.04. The van der Waals surface area contributed by atoms with Crippen LogP contribution in [0.15, 0.2) is 54.7 Å². The highest BCUT2D eigenvalue weighted by Crippen LogP contribution is 2.32. The van der Waals surface area contributed by atoms with Gasteiger partial charge in [0.1, 0.15) is 28.8 Å². The van der Waals surface area contributed by atoms with Crippen LogP contribution in [0.2, 0.25) is 0 Å². The van der Waals surface area contributed by atoms with Gasteiger partial charge in [0.05, 0.1) is 23.3 Å². The first-order valence-electron chi connectivity index (χ1n) is 12.2. The lowest BCUT2D eigenvalue weighted by atomic mass is 10.1. The fourth-order valence-corrected chi connectivity index (χ4v) is 5.58. The molecule has 3 N–H and O–H groups in total. The summed E-state index contributed by atoms with van der Waals surface area (Å²) in [6.45, 7) is 0.701. The first kappa shape index (κ1) is 30.3. The highest BCUT2D eigenvalue weighted by atomic mass is 35.5. The second kappa shape index (κ2) is 12.5. The van der Waals surface area contributed by atoms with Gasteiger partial charge in [-0.25, -0.2) is 45.3 Å². The van der Waals surface area contributed by atoms with Crippen LogP contribution in [0.3, 0.4) is 0 Å². The Hall–Kier alpha value is -3.62. The maximum atomic E-state index is 14.9. The summed E-state index contributed by atoms with van der Waals surface area (Å²) in [7, 11) is -4.04. The number of rotatable bonds is 8. The second-order valence-electron chi connectivity index (χ2n) is 9.34. The van der Waals surface area contributed by atoms with E-state index in [1.54, 1.807) is 0 Å². The Morgan fingerprint density at radius 1 is 1.02 bits per heavy atom. The summed E-state index contributed by atoms with van der Waals surface area (Å²) in [5, 5.41) is 5.87. The number of hydrogen-bond acceptors (Lipinski definition) is 7. The molecule has 2 aromatic carbocycles. The third-order valence-corrected chi connectivity index (χ3v) is 7.49. The number of nitrogens with zero attached hydrogens (tertiary/aromatic N) is 3. The molecular weight excluding hydrogens is 591 g/mol. The molecule has 3 heterocycles. The number of benzene rings is 2. The van der Waals surface area contributed by atoms with Gasteiger partial charge in [-0.2, -0.15) is 0 Å². The van der Waals surface area contributed by atoms with Crippen LogP contribution >= 0.6 is 12.4 Å². The second-order valence-corrected chi connectivity index (χ2v) is 11.1. The molecule has 0 bridgehead atoms. The van der Waals surface area contributed by atoms with Gasteiger partial charge in [-0.1, -0.05) is 18.2 Å². The molecule has 0 amide bonds. The Bertz CT molecular complexity index is 1650. The molecule has 8 nitrogen and oxygen atoms in total. The van der Waals surface area contributed by atoms with Gasteiger partial charge in [0.15, 0.2) is 0 Å². The van der Waals surface area contributed by atoms with E-state index in [2.05, 4.69) is 30.3 Å². The molecule has 1 saturated heterocycles. The average molecular weight is 615 g/mol. The van der Waals surface area contributed by atoms with Crippen LogP contribution in [0.1, 0.15) is 24.0 Å². The van der Waals surface area contributed by atoms with Gasteiger partial charge >= 0.3 is 0 Å². The quantitative estimate of drug-likeness (QED) is 0.229. The van der Waals surface area contributed by atoms with Gasteiger partial charge < -0.3 is 10.6 Å². The third-order valence-electron chi connectivity index (χ3n) is 6.24. The van der Waals surface area contributed by atoms with E-state index in [0.29, 0.717) is 12.1 Å². The van der Waals surface area contributed by atoms with Crippen molar-refractivity contribution in [2.45, 2.75) is 30.8 Å². The number of sulfonamides is 1. The lowest BCUT2D eigenvalue weighted by molar-refractivity contribution is 0.153. The lowest BCUT2D eigenvalue weighted by Crippen LogP contribution is -2.44. The average Bonchev–Trinajstić information content (AvgIpc) is 2.90. The molecule has 4 aromatic rings. The Kier molecular flexibility index (Phi) is 9.24. The number of pyridine rings is 1. The number of halogens is 6. The van der Waals surface area contributed by atoms with Crippen molar-refractivity contribution in [1.82, 2.24) is 20.3 Å². The zero-order valence-electron chi connectivity index (χ0n) is 21.1. The van der Waals surface area contributed by atoms with E-state index in [1.165, 1.54) is 24.4 Å². The lowest BCUT2D eigenvalue weighted by Gasteiger charge is -2.26. The minimum absolute atomic E-state index is 0. The van der Waals surface area contributed by atoms with Crippen molar-refractivity contribution in [2.75, 3.05) is 23.1 Å². The van der Waals surface area contributed by atoms with E-state index in [4.69, 9.17) is 0 Å². The summed E-state index contributed by atoms with van der Waals surface area (Å²) < 4.78 is 96.8. The number of anilines is 2. The topological polar surface area (TPSA) is 109 Å². The minimum Gasteiger partial charge on any atom is -0.350 e. The van der Waals surface area contributed by atoms with E-state index >= 15 is 0 Å². The summed E-state index contributed by atoms with van der Waals surface area (Å²) in [6.07, 6.45) is -2.53. The maximum Gasteiger partial charge on any atom is 0.266 e. The highest BCUT2D eigenvalue weighted by Gasteiger charge is 2.23. The molecule has 1 aliphatic rings. The predicted octanol–water partition coefficient (Wildman–Crippen LogP) is 5.38. The fourth-order valence-electron chi connectivity index (χ4n) is 4.37. The van der Waals surface area contributed by atoms with Gasteiger partial charge in [-0.05, 0) is 35.9 Å². The molecule has 0 unspecified atom stereocenters. The molecule has 0 saturated carbocycles. The number of piperidine rings is 1. The molecule has 1 aliphatic heterocycles. The number of alkyl halides is 3. The number of nitrogens with one attached hydrogen (secondary N) is 3. The van der Waals surface area contributed by atoms with E-state index in [-0.39, 0.29) is 65.3 Å². The summed E-state index contributed by atoms with van der Waals surface area (Å²) in [5.74, 6) is -1.94. The standard InChI is InChI=1S/C26H23F5N6O2S.ClH/c27-16-4-1-14(2-5-16)13-40(38,39)37-21-6-3-15(7-20(21)29)22-9-19(25(30)31)24-23(35-22)12-33-26(36-24)34-18-8-17(28)10-32-11-18;/h1-7,9,12,17-18,25,32,37H,8,10-11,13H2,(H,33,34,36);1H/t17-,18-;/m0./s1. The molecule has 2 atom stereocenters. The molecule has 0 aliphatic carbocycles. The maximum absolute atomic E-state index is 14.9. The number of fused-ring (bicyclic) bond motifs is 1. The van der Waals surface area contributed by atoms with Crippen LogP contribution in [0.25, 0.3) is 22.3 Å². The van der Waals surface area contributed by atoms with Crippen LogP contribution in [0, 0.1) is 11.6 Å². The van der Waals surface area contributed by atoms with E-state index in [1.807, 2.05) is 0 Å². The van der Waals surface area contributed by atoms with Gasteiger partial charge in [0.25, 0.3) is 6.43 Å². The molecular formula is C26H24ClF5N6O2S. The van der Waals surface area contributed by atoms with Crippen molar-refractivity contribution in [3.05, 3.63) is 77.5 Å². The van der Waals surface area contributed by atoms with Crippen molar-refractivity contribution >= 4 is 45.1 Å². The zero-order valence-corrected chi connectivity index (χ0v) is 22.8. The Labute approximate surface area is 238 Å². The van der Waals surface area contributed by atoms with Crippen molar-refractivity contribution < 1.29 is 30.4 Å². The van der Waals surface area contributed by atoms with Crippen molar-refractivity contribution in [3.63, 3.8) is 0 Å². The van der Waals surface area contributed by atoms with Crippen molar-refractivity contribution in [1.29, 1.82) is 0 Å². The van der Waals surface area contributed by atoms with E-state index in [0.717, 1.165) is 30.3 Å². The molecule has 1 fully saturated rings. The SMILES string of the molecule is Cl.O=S(=O)(Cc1ccc(F)cc1)Nc1ccc(-c2cc(C(F)F)c3nc(N[C@@H]4CNC[C@@H](F)C4)ncc3n2)cc1F. The first-order valence-corrected chi connectivity index (χ1v) is 13.8. The Balaban J connectivity index is 0.00000387. The molecule has 0 radical (unpaired) electrons. The van der Waals surface area contributed by atoms with Gasteiger partial charge in [0.2, 0.25) is 16.0 Å². The van der Waals surface area contributed by atoms with Crippen LogP contribution < -0.4 is 15.4 Å². The first-order chi connectivity index (χ1) is 19.1. The smallest absolute Gasteiger partial charge is 0.266 e. The van der Waals surface area contributed by atoms with Crippen LogP contribution in [-0.4, -0.2) is 48.7 Å². The van der Waals surface area contributed by atoms with Gasteiger partial charge in [-0.3, -0.25) is 4.72 Å². The van der Waals surface area contributed by atoms with Gasteiger partial charge in [-0.15, -0.1) is 12.4 Å². The Morgan fingerprint density at radius 2 is 1.78 bits per heavy atom. The molecule has 218 valence electrons. The summed E-state index contributed by atoms with van der Waals surface area (Å²) in [5.41, 5.74) is -0.466. The summed E-state index contributed by atoms with van der Waals surface area (Å²) >= 11 is 0. The monoisotopic (exact) mass is 614 g/mol. The molecule has 5 rings (SSSR count).